The molecule has 0 aliphatic rings. The van der Waals surface area contributed by atoms with Gasteiger partial charge in [0.1, 0.15) is 5.75 Å². The van der Waals surface area contributed by atoms with Crippen molar-refractivity contribution in [3.8, 4) is 5.75 Å². The molecule has 6 heteroatoms. The fourth-order valence-electron chi connectivity index (χ4n) is 1.47. The summed E-state index contributed by atoms with van der Waals surface area (Å²) < 4.78 is 1.67. The Morgan fingerprint density at radius 1 is 1.26 bits per heavy atom. The van der Waals surface area contributed by atoms with E-state index in [0.717, 1.165) is 8.04 Å². The molecule has 98 valence electrons. The molecule has 0 spiro atoms. The lowest BCUT2D eigenvalue weighted by Gasteiger charge is -2.09. The monoisotopic (exact) mass is 451 g/mol. The van der Waals surface area contributed by atoms with Crippen molar-refractivity contribution in [1.82, 2.24) is 0 Å². The SMILES string of the molecule is O=C(Nc1cc(Br)ccc1Cl)c1cc(I)ccc1O. The van der Waals surface area contributed by atoms with Crippen LogP contribution in [0.25, 0.3) is 0 Å². The van der Waals surface area contributed by atoms with E-state index >= 15 is 0 Å². The van der Waals surface area contributed by atoms with Crippen LogP contribution in [0.2, 0.25) is 5.02 Å². The number of carbonyl (C=O) groups is 1. The normalized spacial score (nSPS) is 10.3. The van der Waals surface area contributed by atoms with Gasteiger partial charge in [-0.25, -0.2) is 0 Å². The van der Waals surface area contributed by atoms with E-state index < -0.39 is 5.91 Å². The number of amides is 1. The van der Waals surface area contributed by atoms with Gasteiger partial charge >= 0.3 is 0 Å². The molecule has 1 amide bonds. The molecule has 3 nitrogen and oxygen atoms in total. The summed E-state index contributed by atoms with van der Waals surface area (Å²) >= 11 is 11.4. The third-order valence-corrected chi connectivity index (χ3v) is 3.87. The Bertz CT molecular complexity index is 649. The van der Waals surface area contributed by atoms with Crippen molar-refractivity contribution in [1.29, 1.82) is 0 Å². The second-order valence-corrected chi connectivity index (χ2v) is 6.31. The lowest BCUT2D eigenvalue weighted by Crippen LogP contribution is -2.12. The maximum absolute atomic E-state index is 12.1. The Labute approximate surface area is 137 Å². The Balaban J connectivity index is 2.30. The van der Waals surface area contributed by atoms with Crippen LogP contribution in [0.4, 0.5) is 5.69 Å². The van der Waals surface area contributed by atoms with Gasteiger partial charge in [0.2, 0.25) is 0 Å². The number of benzene rings is 2. The Morgan fingerprint density at radius 3 is 2.74 bits per heavy atom. The molecule has 2 aromatic carbocycles. The molecular weight excluding hydrogens is 444 g/mol. The molecule has 0 saturated carbocycles. The molecule has 0 aliphatic heterocycles. The maximum atomic E-state index is 12.1. The molecule has 2 rings (SSSR count). The molecule has 0 unspecified atom stereocenters. The number of hydrogen-bond donors (Lipinski definition) is 2. The summed E-state index contributed by atoms with van der Waals surface area (Å²) in [4.78, 5) is 12.1. The van der Waals surface area contributed by atoms with Crippen molar-refractivity contribution >= 4 is 61.7 Å². The van der Waals surface area contributed by atoms with Gasteiger partial charge in [-0.15, -0.1) is 0 Å². The minimum Gasteiger partial charge on any atom is -0.507 e. The van der Waals surface area contributed by atoms with Crippen LogP contribution in [0.3, 0.4) is 0 Å². The van der Waals surface area contributed by atoms with Gasteiger partial charge in [-0.05, 0) is 59.0 Å². The zero-order chi connectivity index (χ0) is 14.0. The molecule has 0 aliphatic carbocycles. The Morgan fingerprint density at radius 2 is 2.00 bits per heavy atom. The highest BCUT2D eigenvalue weighted by Gasteiger charge is 2.13. The van der Waals surface area contributed by atoms with Crippen LogP contribution in [-0.4, -0.2) is 11.0 Å². The first-order chi connectivity index (χ1) is 8.97. The van der Waals surface area contributed by atoms with E-state index in [4.69, 9.17) is 11.6 Å². The molecule has 0 heterocycles. The summed E-state index contributed by atoms with van der Waals surface area (Å²) in [5.41, 5.74) is 0.697. The number of rotatable bonds is 2. The topological polar surface area (TPSA) is 49.3 Å². The molecule has 0 aromatic heterocycles. The van der Waals surface area contributed by atoms with Crippen molar-refractivity contribution in [2.24, 2.45) is 0 Å². The second kappa shape index (κ2) is 6.11. The van der Waals surface area contributed by atoms with Gasteiger partial charge in [-0.2, -0.15) is 0 Å². The van der Waals surface area contributed by atoms with Gasteiger partial charge in [-0.3, -0.25) is 4.79 Å². The third kappa shape index (κ3) is 3.61. The third-order valence-electron chi connectivity index (χ3n) is 2.38. The van der Waals surface area contributed by atoms with Gasteiger partial charge in [0.05, 0.1) is 16.3 Å². The van der Waals surface area contributed by atoms with Crippen molar-refractivity contribution in [2.75, 3.05) is 5.32 Å². The average molecular weight is 452 g/mol. The first-order valence-corrected chi connectivity index (χ1v) is 7.47. The number of hydrogen-bond acceptors (Lipinski definition) is 2. The van der Waals surface area contributed by atoms with Crippen LogP contribution in [0.15, 0.2) is 40.9 Å². The molecular formula is C13H8BrClINO2. The molecule has 2 aromatic rings. The number of halogens is 3. The summed E-state index contributed by atoms with van der Waals surface area (Å²) in [7, 11) is 0. The van der Waals surface area contributed by atoms with Crippen LogP contribution in [0, 0.1) is 3.57 Å². The molecule has 19 heavy (non-hydrogen) atoms. The predicted molar refractivity (Wildman–Crippen MR) is 87.9 cm³/mol. The van der Waals surface area contributed by atoms with Crippen LogP contribution < -0.4 is 5.32 Å². The second-order valence-electron chi connectivity index (χ2n) is 3.74. The van der Waals surface area contributed by atoms with E-state index in [-0.39, 0.29) is 11.3 Å². The number of nitrogens with one attached hydrogen (secondary N) is 1. The summed E-state index contributed by atoms with van der Waals surface area (Å²) in [6.45, 7) is 0. The van der Waals surface area contributed by atoms with Crippen molar-refractivity contribution in [2.45, 2.75) is 0 Å². The number of phenols is 1. The van der Waals surface area contributed by atoms with E-state index in [1.807, 2.05) is 0 Å². The smallest absolute Gasteiger partial charge is 0.259 e. The van der Waals surface area contributed by atoms with E-state index in [9.17, 15) is 9.90 Å². The predicted octanol–water partition coefficient (Wildman–Crippen LogP) is 4.67. The highest BCUT2D eigenvalue weighted by molar-refractivity contribution is 14.1. The number of carbonyl (C=O) groups excluding carboxylic acids is 1. The van der Waals surface area contributed by atoms with Gasteiger partial charge in [0.15, 0.2) is 0 Å². The van der Waals surface area contributed by atoms with Crippen LogP contribution in [0.1, 0.15) is 10.4 Å². The molecule has 0 radical (unpaired) electrons. The maximum Gasteiger partial charge on any atom is 0.259 e. The molecule has 0 atom stereocenters. The zero-order valence-electron chi connectivity index (χ0n) is 9.45. The van der Waals surface area contributed by atoms with Crippen molar-refractivity contribution in [3.63, 3.8) is 0 Å². The van der Waals surface area contributed by atoms with Crippen LogP contribution >= 0.6 is 50.1 Å². The van der Waals surface area contributed by atoms with Crippen LogP contribution in [-0.2, 0) is 0 Å². The number of aromatic hydroxyl groups is 1. The van der Waals surface area contributed by atoms with Crippen molar-refractivity contribution in [3.05, 3.63) is 55.0 Å². The summed E-state index contributed by atoms with van der Waals surface area (Å²) in [5, 5.41) is 12.8. The Kier molecular flexibility index (Phi) is 4.70. The van der Waals surface area contributed by atoms with Crippen LogP contribution in [0.5, 0.6) is 5.75 Å². The van der Waals surface area contributed by atoms with E-state index in [0.29, 0.717) is 10.7 Å². The summed E-state index contributed by atoms with van der Waals surface area (Å²) in [6.07, 6.45) is 0. The van der Waals surface area contributed by atoms with Gasteiger partial charge in [-0.1, -0.05) is 27.5 Å². The van der Waals surface area contributed by atoms with Gasteiger partial charge in [0, 0.05) is 8.04 Å². The number of phenolic OH excluding ortho intramolecular Hbond substituents is 1. The first kappa shape index (κ1) is 14.6. The van der Waals surface area contributed by atoms with Crippen molar-refractivity contribution < 1.29 is 9.90 Å². The highest BCUT2D eigenvalue weighted by atomic mass is 127. The summed E-state index contributed by atoms with van der Waals surface area (Å²) in [5.74, 6) is -0.472. The lowest BCUT2D eigenvalue weighted by molar-refractivity contribution is 0.102. The Hall–Kier alpha value is -0.790. The van der Waals surface area contributed by atoms with Gasteiger partial charge in [0.25, 0.3) is 5.91 Å². The quantitative estimate of drug-likeness (QED) is 0.651. The minimum absolute atomic E-state index is 0.0657. The minimum atomic E-state index is -0.406. The standard InChI is InChI=1S/C13H8BrClINO2/c14-7-1-3-10(15)11(5-7)17-13(19)9-6-8(16)2-4-12(9)18/h1-6,18H,(H,17,19). The average Bonchev–Trinajstić information content (AvgIpc) is 2.36. The fraction of sp³-hybridized carbons (Fsp3) is 0. The number of anilines is 1. The fourth-order valence-corrected chi connectivity index (χ4v) is 2.49. The first-order valence-electron chi connectivity index (χ1n) is 5.22. The van der Waals surface area contributed by atoms with E-state index in [2.05, 4.69) is 43.8 Å². The zero-order valence-corrected chi connectivity index (χ0v) is 14.0. The molecule has 2 N–H and O–H groups in total. The highest BCUT2D eigenvalue weighted by Crippen LogP contribution is 2.27. The summed E-state index contributed by atoms with van der Waals surface area (Å²) in [6, 6.07) is 9.97. The molecule has 0 bridgehead atoms. The largest absolute Gasteiger partial charge is 0.507 e. The van der Waals surface area contributed by atoms with E-state index in [1.165, 1.54) is 6.07 Å². The molecule has 0 saturated heterocycles. The molecule has 0 fully saturated rings. The van der Waals surface area contributed by atoms with E-state index in [1.54, 1.807) is 30.3 Å². The lowest BCUT2D eigenvalue weighted by atomic mass is 10.2. The van der Waals surface area contributed by atoms with Gasteiger partial charge < -0.3 is 10.4 Å².